The first-order chi connectivity index (χ1) is 10.0. The van der Waals surface area contributed by atoms with Gasteiger partial charge in [-0.15, -0.1) is 0 Å². The molecule has 2 aromatic carbocycles. The molecule has 0 aliphatic rings. The van der Waals surface area contributed by atoms with Gasteiger partial charge in [0, 0.05) is 5.56 Å². The maximum absolute atomic E-state index is 12.4. The predicted molar refractivity (Wildman–Crippen MR) is 86.4 cm³/mol. The topological polar surface area (TPSA) is 26.3 Å². The number of aryl methyl sites for hydroxylation is 2. The van der Waals surface area contributed by atoms with Crippen molar-refractivity contribution in [3.05, 3.63) is 64.2 Å². The third-order valence-electron chi connectivity index (χ3n) is 3.41. The summed E-state index contributed by atoms with van der Waals surface area (Å²) in [6.45, 7) is 5.79. The minimum absolute atomic E-state index is 0.0461. The van der Waals surface area contributed by atoms with Gasteiger partial charge in [0.25, 0.3) is 0 Å². The van der Waals surface area contributed by atoms with Gasteiger partial charge in [0.2, 0.25) is 5.78 Å². The van der Waals surface area contributed by atoms with E-state index in [1.54, 1.807) is 13.0 Å². The molecule has 0 radical (unpaired) electrons. The molecule has 2 aromatic rings. The summed E-state index contributed by atoms with van der Waals surface area (Å²) in [5, 5.41) is 0.515. The second-order valence-corrected chi connectivity index (χ2v) is 5.52. The molecule has 1 atom stereocenters. The van der Waals surface area contributed by atoms with Gasteiger partial charge in [0.1, 0.15) is 5.75 Å². The molecule has 0 heterocycles. The number of ketones is 1. The quantitative estimate of drug-likeness (QED) is 0.737. The van der Waals surface area contributed by atoms with Crippen LogP contribution in [0.25, 0.3) is 0 Å². The van der Waals surface area contributed by atoms with E-state index in [1.807, 2.05) is 43.3 Å². The molecule has 0 fully saturated rings. The van der Waals surface area contributed by atoms with Gasteiger partial charge in [0.05, 0.1) is 5.02 Å². The fraction of sp³-hybridized carbons (Fsp3) is 0.278. The Bertz CT molecular complexity index is 632. The van der Waals surface area contributed by atoms with E-state index in [1.165, 1.54) is 5.56 Å². The van der Waals surface area contributed by atoms with Crippen LogP contribution < -0.4 is 4.74 Å². The van der Waals surface area contributed by atoms with Gasteiger partial charge in [-0.25, -0.2) is 0 Å². The van der Waals surface area contributed by atoms with Crippen molar-refractivity contribution < 1.29 is 9.53 Å². The summed E-state index contributed by atoms with van der Waals surface area (Å²) in [5.41, 5.74) is 2.91. The Balaban J connectivity index is 2.13. The fourth-order valence-electron chi connectivity index (χ4n) is 2.08. The lowest BCUT2D eigenvalue weighted by atomic mass is 10.0. The van der Waals surface area contributed by atoms with Crippen molar-refractivity contribution in [1.82, 2.24) is 0 Å². The maximum Gasteiger partial charge on any atom is 0.202 e. The Morgan fingerprint density at radius 2 is 1.86 bits per heavy atom. The molecule has 0 saturated carbocycles. The van der Waals surface area contributed by atoms with Crippen molar-refractivity contribution in [3.63, 3.8) is 0 Å². The van der Waals surface area contributed by atoms with Gasteiger partial charge < -0.3 is 4.74 Å². The molecular formula is C18H19ClO2. The smallest absolute Gasteiger partial charge is 0.202 e. The Morgan fingerprint density at radius 3 is 2.48 bits per heavy atom. The average Bonchev–Trinajstić information content (AvgIpc) is 2.50. The highest BCUT2D eigenvalue weighted by Gasteiger charge is 2.18. The van der Waals surface area contributed by atoms with Crippen molar-refractivity contribution in [1.29, 1.82) is 0 Å². The molecule has 0 aliphatic carbocycles. The number of benzene rings is 2. The van der Waals surface area contributed by atoms with E-state index in [0.717, 1.165) is 12.0 Å². The lowest BCUT2D eigenvalue weighted by Crippen LogP contribution is -2.24. The highest BCUT2D eigenvalue weighted by Crippen LogP contribution is 2.26. The number of rotatable bonds is 5. The van der Waals surface area contributed by atoms with Crippen molar-refractivity contribution in [2.75, 3.05) is 0 Å². The maximum atomic E-state index is 12.4. The first kappa shape index (κ1) is 15.6. The minimum atomic E-state index is -0.572. The molecule has 2 nitrogen and oxygen atoms in total. The van der Waals surface area contributed by atoms with Crippen LogP contribution in [-0.2, 0) is 6.42 Å². The highest BCUT2D eigenvalue weighted by atomic mass is 35.5. The average molecular weight is 303 g/mol. The Morgan fingerprint density at radius 1 is 1.19 bits per heavy atom. The molecule has 1 unspecified atom stereocenters. The normalized spacial score (nSPS) is 12.0. The molecule has 0 aliphatic heterocycles. The summed E-state index contributed by atoms with van der Waals surface area (Å²) in [6.07, 6.45) is 0.385. The number of ether oxygens (including phenoxy) is 1. The molecule has 110 valence electrons. The molecule has 2 rings (SSSR count). The van der Waals surface area contributed by atoms with Crippen molar-refractivity contribution in [2.24, 2.45) is 0 Å². The first-order valence-corrected chi connectivity index (χ1v) is 7.45. The van der Waals surface area contributed by atoms with Crippen LogP contribution in [0.4, 0.5) is 0 Å². The van der Waals surface area contributed by atoms with E-state index in [0.29, 0.717) is 16.3 Å². The van der Waals surface area contributed by atoms with Gasteiger partial charge >= 0.3 is 0 Å². The van der Waals surface area contributed by atoms with Gasteiger partial charge in [-0.3, -0.25) is 4.79 Å². The number of halogens is 1. The minimum Gasteiger partial charge on any atom is -0.481 e. The summed E-state index contributed by atoms with van der Waals surface area (Å²) >= 11 is 6.09. The van der Waals surface area contributed by atoms with Crippen LogP contribution in [0.1, 0.15) is 35.3 Å². The van der Waals surface area contributed by atoms with Gasteiger partial charge in [-0.05, 0) is 43.5 Å². The van der Waals surface area contributed by atoms with Crippen molar-refractivity contribution >= 4 is 17.4 Å². The molecule has 0 aromatic heterocycles. The molecule has 0 spiro atoms. The second kappa shape index (κ2) is 6.77. The van der Waals surface area contributed by atoms with Crippen LogP contribution in [0.2, 0.25) is 5.02 Å². The standard InChI is InChI=1S/C18H19ClO2/c1-4-14-6-8-15(9-7-14)18(20)13(3)21-17-11-12(2)5-10-16(17)19/h5-11,13H,4H2,1-3H3. The summed E-state index contributed by atoms with van der Waals surface area (Å²) in [4.78, 5) is 12.4. The molecular weight excluding hydrogens is 284 g/mol. The molecule has 0 bridgehead atoms. The van der Waals surface area contributed by atoms with E-state index >= 15 is 0 Å². The van der Waals surface area contributed by atoms with E-state index < -0.39 is 6.10 Å². The molecule has 0 N–H and O–H groups in total. The summed E-state index contributed by atoms with van der Waals surface area (Å²) in [5.74, 6) is 0.498. The second-order valence-electron chi connectivity index (χ2n) is 5.11. The number of Topliss-reactive ketones (excluding diaryl/α,β-unsaturated/α-hetero) is 1. The molecule has 0 saturated heterocycles. The predicted octanol–water partition coefficient (Wildman–Crippen LogP) is 4.86. The van der Waals surface area contributed by atoms with E-state index in [4.69, 9.17) is 16.3 Å². The Hall–Kier alpha value is -1.80. The number of carbonyl (C=O) groups excluding carboxylic acids is 1. The number of hydrogen-bond acceptors (Lipinski definition) is 2. The first-order valence-electron chi connectivity index (χ1n) is 7.07. The third-order valence-corrected chi connectivity index (χ3v) is 3.72. The van der Waals surface area contributed by atoms with Crippen LogP contribution >= 0.6 is 11.6 Å². The number of hydrogen-bond donors (Lipinski definition) is 0. The SMILES string of the molecule is CCc1ccc(C(=O)C(C)Oc2cc(C)ccc2Cl)cc1. The molecule has 21 heavy (non-hydrogen) atoms. The molecule has 0 amide bonds. The van der Waals surface area contributed by atoms with Gasteiger partial charge in [0.15, 0.2) is 6.10 Å². The summed E-state index contributed by atoms with van der Waals surface area (Å²) in [6, 6.07) is 13.2. The zero-order chi connectivity index (χ0) is 15.4. The molecule has 3 heteroatoms. The largest absolute Gasteiger partial charge is 0.481 e. The van der Waals surface area contributed by atoms with Crippen LogP contribution in [0.5, 0.6) is 5.75 Å². The highest BCUT2D eigenvalue weighted by molar-refractivity contribution is 6.32. The van der Waals surface area contributed by atoms with Crippen LogP contribution in [0.3, 0.4) is 0 Å². The van der Waals surface area contributed by atoms with Gasteiger partial charge in [-0.1, -0.05) is 48.9 Å². The van der Waals surface area contributed by atoms with Crippen molar-refractivity contribution in [3.8, 4) is 5.75 Å². The lowest BCUT2D eigenvalue weighted by molar-refractivity contribution is 0.0818. The number of carbonyl (C=O) groups is 1. The fourth-order valence-corrected chi connectivity index (χ4v) is 2.25. The van der Waals surface area contributed by atoms with Crippen LogP contribution in [-0.4, -0.2) is 11.9 Å². The van der Waals surface area contributed by atoms with Gasteiger partial charge in [-0.2, -0.15) is 0 Å². The van der Waals surface area contributed by atoms with Crippen LogP contribution in [0, 0.1) is 6.92 Å². The lowest BCUT2D eigenvalue weighted by Gasteiger charge is -2.15. The van der Waals surface area contributed by atoms with E-state index in [-0.39, 0.29) is 5.78 Å². The van der Waals surface area contributed by atoms with Crippen molar-refractivity contribution in [2.45, 2.75) is 33.3 Å². The van der Waals surface area contributed by atoms with Crippen LogP contribution in [0.15, 0.2) is 42.5 Å². The monoisotopic (exact) mass is 302 g/mol. The zero-order valence-corrected chi connectivity index (χ0v) is 13.3. The third kappa shape index (κ3) is 3.85. The van der Waals surface area contributed by atoms with E-state index in [9.17, 15) is 4.79 Å². The Kier molecular flexibility index (Phi) is 5.03. The zero-order valence-electron chi connectivity index (χ0n) is 12.5. The Labute approximate surface area is 130 Å². The summed E-state index contributed by atoms with van der Waals surface area (Å²) in [7, 11) is 0. The van der Waals surface area contributed by atoms with E-state index in [2.05, 4.69) is 6.92 Å². The summed E-state index contributed by atoms with van der Waals surface area (Å²) < 4.78 is 5.72.